The van der Waals surface area contributed by atoms with Gasteiger partial charge in [0.05, 0.1) is 7.11 Å². The van der Waals surface area contributed by atoms with E-state index in [9.17, 15) is 0 Å². The molecule has 2 aromatic rings. The first-order chi connectivity index (χ1) is 9.74. The van der Waals surface area contributed by atoms with Crippen LogP contribution >= 0.6 is 0 Å². The Labute approximate surface area is 120 Å². The zero-order chi connectivity index (χ0) is 14.1. The summed E-state index contributed by atoms with van der Waals surface area (Å²) in [6, 6.07) is 15.0. The highest BCUT2D eigenvalue weighted by atomic mass is 16.5. The molecular formula is C18H21NO. The van der Waals surface area contributed by atoms with Gasteiger partial charge in [0, 0.05) is 0 Å². The molecule has 3 rings (SSSR count). The fourth-order valence-electron chi connectivity index (χ4n) is 2.98. The smallest absolute Gasteiger partial charge is 0.122 e. The fourth-order valence-corrected chi connectivity index (χ4v) is 2.98. The Balaban J connectivity index is 2.02. The maximum Gasteiger partial charge on any atom is 0.122 e. The standard InChI is InChI=1S/C18H21NO/c1-12-5-3-4-6-15(12)13-7-8-18(20-2)17(9-13)16-10-14(16)11-19/h3-9,14,16H,10-11,19H2,1-2H3/t14-,16+/m1/s1. The lowest BCUT2D eigenvalue weighted by Crippen LogP contribution is -2.02. The van der Waals surface area contributed by atoms with Crippen molar-refractivity contribution in [2.75, 3.05) is 13.7 Å². The summed E-state index contributed by atoms with van der Waals surface area (Å²) in [6.07, 6.45) is 1.18. The molecule has 0 spiro atoms. The van der Waals surface area contributed by atoms with Gasteiger partial charge >= 0.3 is 0 Å². The van der Waals surface area contributed by atoms with Gasteiger partial charge in [-0.15, -0.1) is 0 Å². The number of aryl methyl sites for hydroxylation is 1. The molecule has 1 saturated carbocycles. The van der Waals surface area contributed by atoms with Crippen LogP contribution in [0.4, 0.5) is 0 Å². The molecule has 0 aliphatic heterocycles. The van der Waals surface area contributed by atoms with Gasteiger partial charge in [-0.3, -0.25) is 0 Å². The Hall–Kier alpha value is -1.80. The number of rotatable bonds is 4. The average molecular weight is 267 g/mol. The highest BCUT2D eigenvalue weighted by molar-refractivity contribution is 5.69. The van der Waals surface area contributed by atoms with Crippen molar-refractivity contribution in [2.45, 2.75) is 19.3 Å². The molecule has 2 nitrogen and oxygen atoms in total. The third-order valence-corrected chi connectivity index (χ3v) is 4.31. The predicted molar refractivity (Wildman–Crippen MR) is 83.1 cm³/mol. The Morgan fingerprint density at radius 3 is 2.65 bits per heavy atom. The van der Waals surface area contributed by atoms with E-state index in [2.05, 4.69) is 49.4 Å². The van der Waals surface area contributed by atoms with Gasteiger partial charge < -0.3 is 10.5 Å². The maximum atomic E-state index is 5.79. The summed E-state index contributed by atoms with van der Waals surface area (Å²) in [5, 5.41) is 0. The van der Waals surface area contributed by atoms with E-state index in [1.54, 1.807) is 7.11 Å². The van der Waals surface area contributed by atoms with Crippen molar-refractivity contribution in [3.05, 3.63) is 53.6 Å². The summed E-state index contributed by atoms with van der Waals surface area (Å²) in [4.78, 5) is 0. The maximum absolute atomic E-state index is 5.79. The molecule has 104 valence electrons. The van der Waals surface area contributed by atoms with Gasteiger partial charge in [-0.25, -0.2) is 0 Å². The van der Waals surface area contributed by atoms with Gasteiger partial charge in [0.25, 0.3) is 0 Å². The van der Waals surface area contributed by atoms with E-state index in [0.717, 1.165) is 12.3 Å². The molecule has 0 unspecified atom stereocenters. The minimum absolute atomic E-state index is 0.568. The Kier molecular flexibility index (Phi) is 3.49. The third kappa shape index (κ3) is 2.32. The van der Waals surface area contributed by atoms with Crippen LogP contribution in [0.3, 0.4) is 0 Å². The number of benzene rings is 2. The monoisotopic (exact) mass is 267 g/mol. The van der Waals surface area contributed by atoms with Crippen molar-refractivity contribution < 1.29 is 4.74 Å². The van der Waals surface area contributed by atoms with E-state index >= 15 is 0 Å². The summed E-state index contributed by atoms with van der Waals surface area (Å²) in [6.45, 7) is 2.92. The number of hydrogen-bond donors (Lipinski definition) is 1. The Morgan fingerprint density at radius 1 is 1.20 bits per heavy atom. The van der Waals surface area contributed by atoms with E-state index in [1.165, 1.54) is 28.7 Å². The molecule has 20 heavy (non-hydrogen) atoms. The summed E-state index contributed by atoms with van der Waals surface area (Å²) in [7, 11) is 1.74. The van der Waals surface area contributed by atoms with Gasteiger partial charge in [-0.05, 0) is 66.1 Å². The summed E-state index contributed by atoms with van der Waals surface area (Å²) in [5.41, 5.74) is 11.0. The van der Waals surface area contributed by atoms with Crippen LogP contribution < -0.4 is 10.5 Å². The number of hydrogen-bond acceptors (Lipinski definition) is 2. The van der Waals surface area contributed by atoms with Gasteiger partial charge in [-0.2, -0.15) is 0 Å². The largest absolute Gasteiger partial charge is 0.496 e. The van der Waals surface area contributed by atoms with Crippen molar-refractivity contribution >= 4 is 0 Å². The van der Waals surface area contributed by atoms with Gasteiger partial charge in [0.2, 0.25) is 0 Å². The molecule has 0 radical (unpaired) electrons. The van der Waals surface area contributed by atoms with Crippen molar-refractivity contribution in [1.82, 2.24) is 0 Å². The van der Waals surface area contributed by atoms with Crippen LogP contribution in [0, 0.1) is 12.8 Å². The molecule has 0 aromatic heterocycles. The first-order valence-corrected chi connectivity index (χ1v) is 7.18. The van der Waals surface area contributed by atoms with Crippen LogP contribution in [-0.2, 0) is 0 Å². The number of ether oxygens (including phenoxy) is 1. The molecule has 2 aromatic carbocycles. The SMILES string of the molecule is COc1ccc(-c2ccccc2C)cc1[C@H]1C[C@@H]1CN. The molecule has 0 saturated heterocycles. The molecule has 0 amide bonds. The van der Waals surface area contributed by atoms with Crippen LogP contribution in [0.25, 0.3) is 11.1 Å². The zero-order valence-corrected chi connectivity index (χ0v) is 12.1. The first-order valence-electron chi connectivity index (χ1n) is 7.18. The van der Waals surface area contributed by atoms with Gasteiger partial charge in [0.1, 0.15) is 5.75 Å². The number of methoxy groups -OCH3 is 1. The lowest BCUT2D eigenvalue weighted by Gasteiger charge is -2.12. The first kappa shape index (κ1) is 13.2. The van der Waals surface area contributed by atoms with Crippen LogP contribution in [0.5, 0.6) is 5.75 Å². The molecule has 2 atom stereocenters. The molecule has 1 aliphatic rings. The minimum atomic E-state index is 0.568. The van der Waals surface area contributed by atoms with Crippen molar-refractivity contribution in [2.24, 2.45) is 11.7 Å². The summed E-state index contributed by atoms with van der Waals surface area (Å²) >= 11 is 0. The normalized spacial score (nSPS) is 20.8. The Bertz CT molecular complexity index is 621. The molecule has 1 fully saturated rings. The fraction of sp³-hybridized carbons (Fsp3) is 0.333. The van der Waals surface area contributed by atoms with E-state index in [-0.39, 0.29) is 0 Å². The van der Waals surface area contributed by atoms with Crippen molar-refractivity contribution in [1.29, 1.82) is 0 Å². The predicted octanol–water partition coefficient (Wildman–Crippen LogP) is 3.73. The molecule has 2 heteroatoms. The van der Waals surface area contributed by atoms with Crippen LogP contribution in [-0.4, -0.2) is 13.7 Å². The topological polar surface area (TPSA) is 35.2 Å². The second-order valence-electron chi connectivity index (χ2n) is 5.61. The van der Waals surface area contributed by atoms with E-state index in [4.69, 9.17) is 10.5 Å². The lowest BCUT2D eigenvalue weighted by atomic mass is 9.96. The highest BCUT2D eigenvalue weighted by Gasteiger charge is 2.38. The minimum Gasteiger partial charge on any atom is -0.496 e. The van der Waals surface area contributed by atoms with Crippen molar-refractivity contribution in [3.63, 3.8) is 0 Å². The second kappa shape index (κ2) is 5.29. The molecule has 0 bridgehead atoms. The van der Waals surface area contributed by atoms with Crippen LogP contribution in [0.1, 0.15) is 23.5 Å². The number of nitrogens with two attached hydrogens (primary N) is 1. The van der Waals surface area contributed by atoms with Crippen LogP contribution in [0.2, 0.25) is 0 Å². The quantitative estimate of drug-likeness (QED) is 0.916. The second-order valence-corrected chi connectivity index (χ2v) is 5.61. The van der Waals surface area contributed by atoms with E-state index < -0.39 is 0 Å². The van der Waals surface area contributed by atoms with Crippen LogP contribution in [0.15, 0.2) is 42.5 Å². The summed E-state index contributed by atoms with van der Waals surface area (Å²) in [5.74, 6) is 2.18. The molecule has 0 heterocycles. The van der Waals surface area contributed by atoms with Gasteiger partial charge in [-0.1, -0.05) is 30.3 Å². The van der Waals surface area contributed by atoms with E-state index in [0.29, 0.717) is 11.8 Å². The summed E-state index contributed by atoms with van der Waals surface area (Å²) < 4.78 is 5.52. The molecule has 2 N–H and O–H groups in total. The average Bonchev–Trinajstić information content (AvgIpc) is 3.26. The lowest BCUT2D eigenvalue weighted by molar-refractivity contribution is 0.409. The van der Waals surface area contributed by atoms with E-state index in [1.807, 2.05) is 0 Å². The molecule has 1 aliphatic carbocycles. The van der Waals surface area contributed by atoms with Gasteiger partial charge in [0.15, 0.2) is 0 Å². The Morgan fingerprint density at radius 2 is 2.00 bits per heavy atom. The third-order valence-electron chi connectivity index (χ3n) is 4.31. The van der Waals surface area contributed by atoms with Crippen molar-refractivity contribution in [3.8, 4) is 16.9 Å². The highest BCUT2D eigenvalue weighted by Crippen LogP contribution is 2.50. The zero-order valence-electron chi connectivity index (χ0n) is 12.1. The molecular weight excluding hydrogens is 246 g/mol.